The predicted octanol–water partition coefficient (Wildman–Crippen LogP) is 4.31. The van der Waals surface area contributed by atoms with E-state index in [0.29, 0.717) is 29.4 Å². The lowest BCUT2D eigenvalue weighted by Crippen LogP contribution is -1.96. The van der Waals surface area contributed by atoms with Crippen molar-refractivity contribution in [1.29, 1.82) is 0 Å². The van der Waals surface area contributed by atoms with Crippen LogP contribution >= 0.6 is 11.8 Å². The van der Waals surface area contributed by atoms with Gasteiger partial charge in [0.05, 0.1) is 0 Å². The molecular weight excluding hydrogens is 368 g/mol. The van der Waals surface area contributed by atoms with Crippen molar-refractivity contribution >= 4 is 29.6 Å². The molecule has 0 atom stereocenters. The number of carbonyl (C=O) groups excluding carboxylic acids is 1. The topological polar surface area (TPSA) is 106 Å². The highest BCUT2D eigenvalue weighted by atomic mass is 32.2. The number of benzene rings is 1. The first-order valence-electron chi connectivity index (χ1n) is 8.12. The van der Waals surface area contributed by atoms with Crippen LogP contribution in [0.1, 0.15) is 35.9 Å². The van der Waals surface area contributed by atoms with Gasteiger partial charge in [0.2, 0.25) is 5.89 Å². The molecule has 0 aliphatic heterocycles. The first-order valence-corrected chi connectivity index (χ1v) is 8.94. The number of carboxylic acid groups (broad SMARTS) is 1. The van der Waals surface area contributed by atoms with E-state index in [4.69, 9.17) is 8.83 Å². The third kappa shape index (κ3) is 4.53. The van der Waals surface area contributed by atoms with Crippen LogP contribution in [0.4, 0.5) is 0 Å². The van der Waals surface area contributed by atoms with Crippen molar-refractivity contribution in [2.24, 2.45) is 0 Å². The van der Waals surface area contributed by atoms with Crippen LogP contribution in [0.5, 0.6) is 0 Å². The summed E-state index contributed by atoms with van der Waals surface area (Å²) in [5.74, 6) is 0.245. The normalized spacial score (nSPS) is 11.6. The summed E-state index contributed by atoms with van der Waals surface area (Å²) in [5.41, 5.74) is 1.40. The number of hydrogen-bond donors (Lipinski definition) is 1. The van der Waals surface area contributed by atoms with Crippen LogP contribution in [0.15, 0.2) is 55.4 Å². The van der Waals surface area contributed by atoms with E-state index >= 15 is 0 Å². The van der Waals surface area contributed by atoms with E-state index < -0.39 is 5.97 Å². The Hall–Kier alpha value is -3.13. The fourth-order valence-corrected chi connectivity index (χ4v) is 2.91. The Morgan fingerprint density at radius 3 is 2.44 bits per heavy atom. The maximum absolute atomic E-state index is 11.5. The summed E-state index contributed by atoms with van der Waals surface area (Å²) >= 11 is 0.862. The minimum Gasteiger partial charge on any atom is -0.477 e. The quantitative estimate of drug-likeness (QED) is 0.365. The fraction of sp³-hybridized carbons (Fsp3) is 0.158. The van der Waals surface area contributed by atoms with Gasteiger partial charge >= 0.3 is 5.97 Å². The molecule has 2 aromatic heterocycles. The van der Waals surface area contributed by atoms with E-state index in [-0.39, 0.29) is 15.9 Å². The van der Waals surface area contributed by atoms with Crippen molar-refractivity contribution in [2.45, 2.75) is 25.5 Å². The maximum atomic E-state index is 11.5. The molecule has 2 heterocycles. The second-order valence-electron chi connectivity index (χ2n) is 5.57. The smallest absolute Gasteiger partial charge is 0.342 e. The summed E-state index contributed by atoms with van der Waals surface area (Å²) in [6.07, 6.45) is 1.97. The molecule has 0 aliphatic carbocycles. The first-order chi connectivity index (χ1) is 13.0. The number of aromatic nitrogens is 2. The largest absolute Gasteiger partial charge is 0.477 e. The number of carboxylic acids is 1. The SMILES string of the molecule is CCc1nnc(S/C(=C/c2ccc(-c3ccc(C(C)=O)cc3)o2)C(=O)O)o1. The highest BCUT2D eigenvalue weighted by Gasteiger charge is 2.16. The second kappa shape index (κ2) is 8.05. The van der Waals surface area contributed by atoms with Crippen LogP contribution in [-0.4, -0.2) is 27.1 Å². The molecule has 8 heteroatoms. The van der Waals surface area contributed by atoms with Crippen LogP contribution in [0.2, 0.25) is 0 Å². The Kier molecular flexibility index (Phi) is 5.56. The van der Waals surface area contributed by atoms with E-state index in [0.717, 1.165) is 17.3 Å². The van der Waals surface area contributed by atoms with Gasteiger partial charge in [0.15, 0.2) is 5.78 Å². The highest BCUT2D eigenvalue weighted by Crippen LogP contribution is 2.29. The van der Waals surface area contributed by atoms with Gasteiger partial charge < -0.3 is 13.9 Å². The minimum absolute atomic E-state index is 0.00543. The zero-order chi connectivity index (χ0) is 19.4. The number of rotatable bonds is 7. The van der Waals surface area contributed by atoms with Crippen molar-refractivity contribution < 1.29 is 23.5 Å². The minimum atomic E-state index is -1.12. The third-order valence-electron chi connectivity index (χ3n) is 3.63. The molecule has 0 amide bonds. The number of aryl methyl sites for hydroxylation is 1. The zero-order valence-corrected chi connectivity index (χ0v) is 15.4. The molecule has 3 rings (SSSR count). The number of ketones is 1. The molecule has 0 aliphatic rings. The highest BCUT2D eigenvalue weighted by molar-refractivity contribution is 8.03. The standard InChI is InChI=1S/C19H16N2O5S/c1-3-17-20-21-19(26-17)27-16(18(23)24)10-14-8-9-15(25-14)13-6-4-12(5-7-13)11(2)22/h4-10H,3H2,1-2H3,(H,23,24)/b16-10+. The summed E-state index contributed by atoms with van der Waals surface area (Å²) in [5, 5.41) is 17.2. The van der Waals surface area contributed by atoms with Gasteiger partial charge in [0.1, 0.15) is 16.4 Å². The summed E-state index contributed by atoms with van der Waals surface area (Å²) in [4.78, 5) is 22.9. The lowest BCUT2D eigenvalue weighted by molar-refractivity contribution is -0.131. The average molecular weight is 384 g/mol. The first kappa shape index (κ1) is 18.7. The molecule has 0 radical (unpaired) electrons. The molecule has 0 bridgehead atoms. The van der Waals surface area contributed by atoms with Gasteiger partial charge in [-0.25, -0.2) is 4.79 Å². The van der Waals surface area contributed by atoms with Crippen molar-refractivity contribution in [1.82, 2.24) is 10.2 Å². The number of thioether (sulfide) groups is 1. The van der Waals surface area contributed by atoms with Crippen LogP contribution in [-0.2, 0) is 11.2 Å². The van der Waals surface area contributed by atoms with Crippen molar-refractivity contribution in [3.8, 4) is 11.3 Å². The number of nitrogens with zero attached hydrogens (tertiary/aromatic N) is 2. The summed E-state index contributed by atoms with van der Waals surface area (Å²) in [7, 11) is 0. The monoisotopic (exact) mass is 384 g/mol. The van der Waals surface area contributed by atoms with Crippen molar-refractivity contribution in [2.75, 3.05) is 0 Å². The fourth-order valence-electron chi connectivity index (χ4n) is 2.24. The van der Waals surface area contributed by atoms with E-state index in [1.807, 2.05) is 6.92 Å². The molecule has 0 fully saturated rings. The van der Waals surface area contributed by atoms with Crippen LogP contribution < -0.4 is 0 Å². The second-order valence-corrected chi connectivity index (χ2v) is 6.56. The lowest BCUT2D eigenvalue weighted by Gasteiger charge is -1.99. The molecule has 0 saturated carbocycles. The molecule has 27 heavy (non-hydrogen) atoms. The van der Waals surface area contributed by atoms with Gasteiger partial charge in [-0.2, -0.15) is 0 Å². The van der Waals surface area contributed by atoms with Gasteiger partial charge in [-0.1, -0.05) is 31.2 Å². The Labute approximate surface area is 159 Å². The Balaban J connectivity index is 1.82. The van der Waals surface area contributed by atoms with Gasteiger partial charge in [0, 0.05) is 23.6 Å². The molecule has 0 spiro atoms. The number of carbonyl (C=O) groups is 2. The van der Waals surface area contributed by atoms with Gasteiger partial charge in [0.25, 0.3) is 5.22 Å². The number of hydrogen-bond acceptors (Lipinski definition) is 7. The molecule has 1 aromatic carbocycles. The van der Waals surface area contributed by atoms with E-state index in [2.05, 4.69) is 10.2 Å². The molecule has 138 valence electrons. The Bertz CT molecular complexity index is 1000. The van der Waals surface area contributed by atoms with E-state index in [9.17, 15) is 14.7 Å². The van der Waals surface area contributed by atoms with E-state index in [1.54, 1.807) is 36.4 Å². The predicted molar refractivity (Wildman–Crippen MR) is 99.3 cm³/mol. The molecule has 0 saturated heterocycles. The van der Waals surface area contributed by atoms with Gasteiger partial charge in [-0.3, -0.25) is 4.79 Å². The van der Waals surface area contributed by atoms with Crippen molar-refractivity contribution in [3.05, 3.63) is 58.5 Å². The summed E-state index contributed by atoms with van der Waals surface area (Å²) in [6.45, 7) is 3.37. The average Bonchev–Trinajstić information content (AvgIpc) is 3.30. The molecule has 7 nitrogen and oxygen atoms in total. The Morgan fingerprint density at radius 2 is 1.85 bits per heavy atom. The molecule has 3 aromatic rings. The van der Waals surface area contributed by atoms with E-state index in [1.165, 1.54) is 13.0 Å². The van der Waals surface area contributed by atoms with Gasteiger partial charge in [-0.15, -0.1) is 10.2 Å². The molecule has 0 unspecified atom stereocenters. The number of furan rings is 1. The lowest BCUT2D eigenvalue weighted by atomic mass is 10.1. The third-order valence-corrected chi connectivity index (χ3v) is 4.49. The van der Waals surface area contributed by atoms with Crippen molar-refractivity contribution in [3.63, 3.8) is 0 Å². The molecule has 1 N–H and O–H groups in total. The summed E-state index contributed by atoms with van der Waals surface area (Å²) < 4.78 is 11.0. The maximum Gasteiger partial charge on any atom is 0.342 e. The number of aliphatic carboxylic acids is 1. The summed E-state index contributed by atoms with van der Waals surface area (Å²) in [6, 6.07) is 10.4. The molecular formula is C19H16N2O5S. The van der Waals surface area contributed by atoms with Crippen LogP contribution in [0.3, 0.4) is 0 Å². The van der Waals surface area contributed by atoms with Crippen LogP contribution in [0, 0.1) is 0 Å². The van der Waals surface area contributed by atoms with Gasteiger partial charge in [-0.05, 0) is 30.8 Å². The number of Topliss-reactive ketones (excluding diaryl/α,β-unsaturated/α-hetero) is 1. The Morgan fingerprint density at radius 1 is 1.11 bits per heavy atom. The zero-order valence-electron chi connectivity index (χ0n) is 14.6. The van der Waals surface area contributed by atoms with Crippen LogP contribution in [0.25, 0.3) is 17.4 Å².